The van der Waals surface area contributed by atoms with Crippen LogP contribution in [0, 0.1) is 36.4 Å². The van der Waals surface area contributed by atoms with Gasteiger partial charge in [-0.05, 0) is 60.6 Å². The van der Waals surface area contributed by atoms with Gasteiger partial charge in [-0.3, -0.25) is 19.2 Å². The van der Waals surface area contributed by atoms with Gasteiger partial charge in [0.05, 0.1) is 11.5 Å². The largest absolute Gasteiger partial charge is 0.336 e. The molecule has 1 saturated heterocycles. The van der Waals surface area contributed by atoms with Gasteiger partial charge in [-0.2, -0.15) is 5.26 Å². The molecule has 0 saturated carbocycles. The zero-order valence-electron chi connectivity index (χ0n) is 22.6. The average Bonchev–Trinajstić information content (AvgIpc) is 3.37. The fourth-order valence-corrected chi connectivity index (χ4v) is 5.50. The van der Waals surface area contributed by atoms with E-state index in [-0.39, 0.29) is 25.3 Å². The number of hydrogen-bond donors (Lipinski definition) is 3. The summed E-state index contributed by atoms with van der Waals surface area (Å²) in [6.07, 6.45) is 0.307. The number of para-hydroxylation sites is 1. The SMILES string of the molecule is Cc1cc(F)cc(C)c1NC(=O)C(=O)N[C@@H](CC(C)(C)C)C(=O)N1C[C@]2(CC1C#N)C(=O)Nc1ccccc12. The molecule has 3 atom stereocenters. The summed E-state index contributed by atoms with van der Waals surface area (Å²) in [6.45, 7) is 8.86. The van der Waals surface area contributed by atoms with Crippen LogP contribution in [-0.4, -0.2) is 47.2 Å². The monoisotopic (exact) mass is 533 g/mol. The zero-order chi connectivity index (χ0) is 28.7. The van der Waals surface area contributed by atoms with Gasteiger partial charge < -0.3 is 20.9 Å². The first kappa shape index (κ1) is 27.8. The van der Waals surface area contributed by atoms with Gasteiger partial charge in [0.2, 0.25) is 11.8 Å². The van der Waals surface area contributed by atoms with Gasteiger partial charge in [-0.15, -0.1) is 0 Å². The number of nitriles is 1. The highest BCUT2D eigenvalue weighted by Gasteiger charge is 2.56. The Morgan fingerprint density at radius 3 is 2.44 bits per heavy atom. The summed E-state index contributed by atoms with van der Waals surface area (Å²) in [5.41, 5.74) is 1.09. The fourth-order valence-electron chi connectivity index (χ4n) is 5.50. The number of likely N-dealkylation sites (tertiary alicyclic amines) is 1. The molecular formula is C29H32FN5O4. The van der Waals surface area contributed by atoms with E-state index in [0.717, 1.165) is 5.56 Å². The lowest BCUT2D eigenvalue weighted by molar-refractivity contribution is -0.141. The van der Waals surface area contributed by atoms with E-state index in [1.54, 1.807) is 32.0 Å². The molecular weight excluding hydrogens is 501 g/mol. The van der Waals surface area contributed by atoms with Crippen molar-refractivity contribution in [2.24, 2.45) is 5.41 Å². The molecule has 2 aliphatic rings. The molecule has 2 aromatic carbocycles. The number of hydrogen-bond acceptors (Lipinski definition) is 5. The van der Waals surface area contributed by atoms with Crippen molar-refractivity contribution in [2.45, 2.75) is 65.0 Å². The molecule has 1 fully saturated rings. The van der Waals surface area contributed by atoms with Crippen molar-refractivity contribution in [3.63, 3.8) is 0 Å². The molecule has 204 valence electrons. The number of nitrogens with zero attached hydrogens (tertiary/aromatic N) is 2. The van der Waals surface area contributed by atoms with E-state index in [9.17, 15) is 28.8 Å². The molecule has 2 heterocycles. The lowest BCUT2D eigenvalue weighted by atomic mass is 9.80. The quantitative estimate of drug-likeness (QED) is 0.519. The van der Waals surface area contributed by atoms with Crippen LogP contribution in [-0.2, 0) is 24.6 Å². The summed E-state index contributed by atoms with van der Waals surface area (Å²) >= 11 is 0. The van der Waals surface area contributed by atoms with Gasteiger partial charge in [-0.1, -0.05) is 39.0 Å². The third-order valence-corrected chi connectivity index (χ3v) is 7.28. The van der Waals surface area contributed by atoms with Crippen LogP contribution in [0.5, 0.6) is 0 Å². The lowest BCUT2D eigenvalue weighted by Gasteiger charge is -2.31. The van der Waals surface area contributed by atoms with Gasteiger partial charge in [0, 0.05) is 24.3 Å². The van der Waals surface area contributed by atoms with Crippen LogP contribution in [0.2, 0.25) is 0 Å². The van der Waals surface area contributed by atoms with Gasteiger partial charge in [0.1, 0.15) is 17.9 Å². The number of anilines is 2. The maximum absolute atomic E-state index is 13.9. The van der Waals surface area contributed by atoms with E-state index >= 15 is 0 Å². The summed E-state index contributed by atoms with van der Waals surface area (Å²) in [5.74, 6) is -3.32. The molecule has 9 nitrogen and oxygen atoms in total. The van der Waals surface area contributed by atoms with Gasteiger partial charge in [0.25, 0.3) is 0 Å². The number of carbonyl (C=O) groups excluding carboxylic acids is 4. The Kier molecular flexibility index (Phi) is 7.21. The van der Waals surface area contributed by atoms with E-state index in [1.807, 2.05) is 26.8 Å². The number of rotatable bonds is 4. The van der Waals surface area contributed by atoms with Crippen LogP contribution in [0.25, 0.3) is 0 Å². The summed E-state index contributed by atoms with van der Waals surface area (Å²) in [5, 5.41) is 17.8. The van der Waals surface area contributed by atoms with E-state index in [1.165, 1.54) is 17.0 Å². The number of aryl methyl sites for hydroxylation is 2. The van der Waals surface area contributed by atoms with Crippen molar-refractivity contribution in [1.29, 1.82) is 5.26 Å². The third kappa shape index (κ3) is 5.35. The molecule has 1 unspecified atom stereocenters. The molecule has 1 spiro atoms. The number of amides is 4. The lowest BCUT2D eigenvalue weighted by Crippen LogP contribution is -2.53. The number of fused-ring (bicyclic) bond motifs is 2. The van der Waals surface area contributed by atoms with Crippen LogP contribution in [0.4, 0.5) is 15.8 Å². The Morgan fingerprint density at radius 2 is 1.82 bits per heavy atom. The molecule has 4 rings (SSSR count). The Balaban J connectivity index is 1.58. The Bertz CT molecular complexity index is 1390. The van der Waals surface area contributed by atoms with Crippen molar-refractivity contribution >= 4 is 35.0 Å². The summed E-state index contributed by atoms with van der Waals surface area (Å²) in [6, 6.07) is 9.81. The number of carbonyl (C=O) groups is 4. The van der Waals surface area contributed by atoms with Crippen LogP contribution >= 0.6 is 0 Å². The minimum absolute atomic E-state index is 0.0242. The maximum atomic E-state index is 13.9. The van der Waals surface area contributed by atoms with E-state index in [2.05, 4.69) is 22.0 Å². The minimum Gasteiger partial charge on any atom is -0.336 e. The molecule has 4 amide bonds. The smallest absolute Gasteiger partial charge is 0.313 e. The highest BCUT2D eigenvalue weighted by atomic mass is 19.1. The normalized spacial score (nSPS) is 20.7. The molecule has 0 radical (unpaired) electrons. The first-order chi connectivity index (χ1) is 18.3. The van der Waals surface area contributed by atoms with Crippen LogP contribution < -0.4 is 16.0 Å². The highest BCUT2D eigenvalue weighted by molar-refractivity contribution is 6.40. The molecule has 2 aliphatic heterocycles. The second-order valence-electron chi connectivity index (χ2n) is 11.6. The standard InChI is InChI=1S/C29H32FN5O4/c1-16-10-18(30)11-17(2)23(16)34-25(37)24(36)32-22(13-28(3,4)5)26(38)35-15-29(12-19(35)14-31)20-8-6-7-9-21(20)33-27(29)39/h6-11,19,22H,12-13,15H2,1-5H3,(H,32,36)(H,33,39)(H,34,37)/t19?,22-,29-/m0/s1. The van der Waals surface area contributed by atoms with Crippen LogP contribution in [0.15, 0.2) is 36.4 Å². The van der Waals surface area contributed by atoms with Crippen LogP contribution in [0.1, 0.15) is 50.3 Å². The van der Waals surface area contributed by atoms with Gasteiger partial charge in [-0.25, -0.2) is 4.39 Å². The topological polar surface area (TPSA) is 131 Å². The molecule has 10 heteroatoms. The predicted molar refractivity (Wildman–Crippen MR) is 143 cm³/mol. The average molecular weight is 534 g/mol. The summed E-state index contributed by atoms with van der Waals surface area (Å²) in [4.78, 5) is 54.1. The van der Waals surface area contributed by atoms with E-state index in [0.29, 0.717) is 22.5 Å². The summed E-state index contributed by atoms with van der Waals surface area (Å²) in [7, 11) is 0. The van der Waals surface area contributed by atoms with Crippen molar-refractivity contribution in [3.05, 3.63) is 58.9 Å². The first-order valence-electron chi connectivity index (χ1n) is 12.8. The second kappa shape index (κ2) is 10.1. The number of nitrogens with one attached hydrogen (secondary N) is 3. The molecule has 2 aromatic rings. The van der Waals surface area contributed by atoms with Crippen molar-refractivity contribution < 1.29 is 23.6 Å². The Morgan fingerprint density at radius 1 is 1.18 bits per heavy atom. The van der Waals surface area contributed by atoms with Crippen molar-refractivity contribution in [3.8, 4) is 6.07 Å². The Hall–Kier alpha value is -4.26. The van der Waals surface area contributed by atoms with Gasteiger partial charge >= 0.3 is 11.8 Å². The maximum Gasteiger partial charge on any atom is 0.313 e. The number of halogens is 1. The molecule has 0 bridgehead atoms. The molecule has 0 aliphatic carbocycles. The van der Waals surface area contributed by atoms with E-state index < -0.39 is 46.5 Å². The fraction of sp³-hybridized carbons (Fsp3) is 0.414. The molecule has 0 aromatic heterocycles. The summed E-state index contributed by atoms with van der Waals surface area (Å²) < 4.78 is 13.7. The van der Waals surface area contributed by atoms with Crippen LogP contribution in [0.3, 0.4) is 0 Å². The Labute approximate surface area is 226 Å². The second-order valence-corrected chi connectivity index (χ2v) is 11.6. The predicted octanol–water partition coefficient (Wildman–Crippen LogP) is 3.32. The highest BCUT2D eigenvalue weighted by Crippen LogP contribution is 2.46. The molecule has 39 heavy (non-hydrogen) atoms. The van der Waals surface area contributed by atoms with Gasteiger partial charge in [0.15, 0.2) is 0 Å². The zero-order valence-corrected chi connectivity index (χ0v) is 22.6. The third-order valence-electron chi connectivity index (χ3n) is 7.28. The van der Waals surface area contributed by atoms with Crippen molar-refractivity contribution in [2.75, 3.05) is 17.2 Å². The minimum atomic E-state index is -1.12. The van der Waals surface area contributed by atoms with E-state index in [4.69, 9.17) is 0 Å². The van der Waals surface area contributed by atoms with Crippen molar-refractivity contribution in [1.82, 2.24) is 10.2 Å². The first-order valence-corrected chi connectivity index (χ1v) is 12.8. The molecule has 3 N–H and O–H groups in total. The number of benzene rings is 2.